The van der Waals surface area contributed by atoms with Crippen molar-refractivity contribution in [2.24, 2.45) is 5.73 Å². The first kappa shape index (κ1) is 11.1. The first-order valence-electron chi connectivity index (χ1n) is 3.63. The van der Waals surface area contributed by atoms with Crippen LogP contribution in [-0.4, -0.2) is 11.3 Å². The molecule has 1 aromatic rings. The van der Waals surface area contributed by atoms with Crippen molar-refractivity contribution >= 4 is 11.6 Å². The van der Waals surface area contributed by atoms with E-state index in [9.17, 15) is 13.2 Å². The van der Waals surface area contributed by atoms with Gasteiger partial charge in [0.2, 0.25) is 0 Å². The van der Waals surface area contributed by atoms with Gasteiger partial charge in [-0.1, -0.05) is 17.7 Å². The Labute approximate surface area is 83.1 Å². The molecule has 0 aliphatic rings. The Morgan fingerprint density at radius 2 is 1.93 bits per heavy atom. The monoisotopic (exact) mass is 225 g/mol. The maximum atomic E-state index is 12.1. The van der Waals surface area contributed by atoms with Crippen LogP contribution in [0.1, 0.15) is 11.6 Å². The highest BCUT2D eigenvalue weighted by Crippen LogP contribution is 2.35. The zero-order valence-corrected chi connectivity index (χ0v) is 7.60. The number of alkyl halides is 3. The van der Waals surface area contributed by atoms with E-state index in [1.807, 2.05) is 0 Å². The molecule has 0 saturated heterocycles. The fourth-order valence-electron chi connectivity index (χ4n) is 0.956. The summed E-state index contributed by atoms with van der Waals surface area (Å²) in [6, 6.07) is 1.11. The summed E-state index contributed by atoms with van der Waals surface area (Å²) in [5, 5.41) is 9.31. The molecule has 78 valence electrons. The minimum Gasteiger partial charge on any atom is -0.508 e. The van der Waals surface area contributed by atoms with Crippen molar-refractivity contribution in [1.82, 2.24) is 0 Å². The van der Waals surface area contributed by atoms with E-state index in [2.05, 4.69) is 0 Å². The summed E-state index contributed by atoms with van der Waals surface area (Å²) in [7, 11) is 0. The molecule has 1 rings (SSSR count). The second-order valence-corrected chi connectivity index (χ2v) is 3.16. The minimum absolute atomic E-state index is 0.153. The fourth-order valence-corrected chi connectivity index (χ4v) is 1.12. The van der Waals surface area contributed by atoms with Gasteiger partial charge in [0.15, 0.2) is 0 Å². The van der Waals surface area contributed by atoms with E-state index in [0.29, 0.717) is 0 Å². The predicted octanol–water partition coefficient (Wildman–Crippen LogP) is 2.61. The summed E-state index contributed by atoms with van der Waals surface area (Å²) in [6.07, 6.45) is -4.58. The zero-order valence-electron chi connectivity index (χ0n) is 6.85. The number of rotatable bonds is 1. The third-order valence-corrected chi connectivity index (χ3v) is 1.92. The second-order valence-electron chi connectivity index (χ2n) is 2.72. The lowest BCUT2D eigenvalue weighted by Crippen LogP contribution is -2.28. The van der Waals surface area contributed by atoms with Gasteiger partial charge in [-0.15, -0.1) is 0 Å². The van der Waals surface area contributed by atoms with Crippen LogP contribution in [-0.2, 0) is 0 Å². The molecule has 2 nitrogen and oxygen atoms in total. The van der Waals surface area contributed by atoms with Crippen LogP contribution in [0.4, 0.5) is 13.2 Å². The molecule has 0 spiro atoms. The Morgan fingerprint density at radius 3 is 2.36 bits per heavy atom. The SMILES string of the molecule is N[C@H](c1ccc(Cl)cc1O)C(F)(F)F. The Morgan fingerprint density at radius 1 is 1.36 bits per heavy atom. The number of phenolic OH excluding ortho intramolecular Hbond substituents is 1. The second kappa shape index (κ2) is 3.67. The van der Waals surface area contributed by atoms with Crippen molar-refractivity contribution in [1.29, 1.82) is 0 Å². The summed E-state index contributed by atoms with van der Waals surface area (Å²) >= 11 is 5.45. The van der Waals surface area contributed by atoms with Crippen LogP contribution in [0.25, 0.3) is 0 Å². The molecular formula is C8H7ClF3NO. The molecule has 0 aromatic heterocycles. The van der Waals surface area contributed by atoms with Crippen LogP contribution in [0.15, 0.2) is 18.2 Å². The summed E-state index contributed by atoms with van der Waals surface area (Å²) < 4.78 is 36.4. The first-order valence-corrected chi connectivity index (χ1v) is 4.01. The Balaban J connectivity index is 3.08. The number of hydrogen-bond acceptors (Lipinski definition) is 2. The number of aromatic hydroxyl groups is 1. The maximum Gasteiger partial charge on any atom is 0.407 e. The van der Waals surface area contributed by atoms with Gasteiger partial charge in [-0.25, -0.2) is 0 Å². The van der Waals surface area contributed by atoms with E-state index in [4.69, 9.17) is 22.4 Å². The number of phenols is 1. The summed E-state index contributed by atoms with van der Waals surface area (Å²) in [4.78, 5) is 0. The van der Waals surface area contributed by atoms with Gasteiger partial charge in [-0.2, -0.15) is 13.2 Å². The lowest BCUT2D eigenvalue weighted by atomic mass is 10.1. The topological polar surface area (TPSA) is 46.2 Å². The van der Waals surface area contributed by atoms with E-state index in [1.54, 1.807) is 0 Å². The van der Waals surface area contributed by atoms with Crippen molar-refractivity contribution < 1.29 is 18.3 Å². The molecule has 0 saturated carbocycles. The van der Waals surface area contributed by atoms with E-state index in [0.717, 1.165) is 12.1 Å². The molecule has 0 heterocycles. The van der Waals surface area contributed by atoms with Gasteiger partial charge < -0.3 is 10.8 Å². The molecule has 0 unspecified atom stereocenters. The highest BCUT2D eigenvalue weighted by molar-refractivity contribution is 6.30. The molecule has 6 heteroatoms. The van der Waals surface area contributed by atoms with Crippen LogP contribution in [0.5, 0.6) is 5.75 Å². The number of nitrogens with two attached hydrogens (primary N) is 1. The number of halogens is 4. The summed E-state index contributed by atoms with van der Waals surface area (Å²) in [5.74, 6) is -0.553. The average Bonchev–Trinajstić information content (AvgIpc) is 2.01. The van der Waals surface area contributed by atoms with Crippen LogP contribution in [0.3, 0.4) is 0 Å². The standard InChI is InChI=1S/C8H7ClF3NO/c9-4-1-2-5(6(14)3-4)7(13)8(10,11)12/h1-3,7,14H,13H2/t7-/m1/s1. The van der Waals surface area contributed by atoms with Crippen molar-refractivity contribution in [2.45, 2.75) is 12.2 Å². The lowest BCUT2D eigenvalue weighted by molar-refractivity contribution is -0.149. The molecule has 1 atom stereocenters. The number of benzene rings is 1. The molecule has 3 N–H and O–H groups in total. The summed E-state index contributed by atoms with van der Waals surface area (Å²) in [5.41, 5.74) is 4.51. The van der Waals surface area contributed by atoms with Crippen molar-refractivity contribution in [3.63, 3.8) is 0 Å². The van der Waals surface area contributed by atoms with Gasteiger partial charge >= 0.3 is 6.18 Å². The Hall–Kier alpha value is -0.940. The highest BCUT2D eigenvalue weighted by Gasteiger charge is 2.39. The normalized spacial score (nSPS) is 14.1. The maximum absolute atomic E-state index is 12.1. The zero-order chi connectivity index (χ0) is 10.9. The van der Waals surface area contributed by atoms with Crippen molar-refractivity contribution in [3.05, 3.63) is 28.8 Å². The van der Waals surface area contributed by atoms with Gasteiger partial charge in [-0.05, 0) is 12.1 Å². The molecule has 1 aromatic carbocycles. The van der Waals surface area contributed by atoms with E-state index in [-0.39, 0.29) is 10.6 Å². The third kappa shape index (κ3) is 2.30. The lowest BCUT2D eigenvalue weighted by Gasteiger charge is -2.16. The molecule has 0 radical (unpaired) electrons. The Kier molecular flexibility index (Phi) is 2.92. The van der Waals surface area contributed by atoms with Gasteiger partial charge in [0.25, 0.3) is 0 Å². The van der Waals surface area contributed by atoms with E-state index < -0.39 is 18.0 Å². The number of hydrogen-bond donors (Lipinski definition) is 2. The predicted molar refractivity (Wildman–Crippen MR) is 46.1 cm³/mol. The molecule has 14 heavy (non-hydrogen) atoms. The van der Waals surface area contributed by atoms with Crippen molar-refractivity contribution in [2.75, 3.05) is 0 Å². The highest BCUT2D eigenvalue weighted by atomic mass is 35.5. The van der Waals surface area contributed by atoms with Gasteiger partial charge in [0, 0.05) is 10.6 Å². The molecular weight excluding hydrogens is 219 g/mol. The average molecular weight is 226 g/mol. The van der Waals surface area contributed by atoms with Gasteiger partial charge in [-0.3, -0.25) is 0 Å². The van der Waals surface area contributed by atoms with Gasteiger partial charge in [0.1, 0.15) is 11.8 Å². The first-order chi connectivity index (χ1) is 6.32. The quantitative estimate of drug-likeness (QED) is 0.772. The van der Waals surface area contributed by atoms with E-state index in [1.165, 1.54) is 6.07 Å². The molecule has 0 fully saturated rings. The summed E-state index contributed by atoms with van der Waals surface area (Å²) in [6.45, 7) is 0. The minimum atomic E-state index is -4.58. The smallest absolute Gasteiger partial charge is 0.407 e. The van der Waals surface area contributed by atoms with Gasteiger partial charge in [0.05, 0.1) is 0 Å². The molecule has 0 bridgehead atoms. The van der Waals surface area contributed by atoms with Crippen LogP contribution in [0, 0.1) is 0 Å². The molecule has 0 amide bonds. The van der Waals surface area contributed by atoms with Crippen LogP contribution < -0.4 is 5.73 Å². The molecule has 0 aliphatic carbocycles. The largest absolute Gasteiger partial charge is 0.508 e. The van der Waals surface area contributed by atoms with Crippen LogP contribution in [0.2, 0.25) is 5.02 Å². The van der Waals surface area contributed by atoms with E-state index >= 15 is 0 Å². The van der Waals surface area contributed by atoms with Crippen LogP contribution >= 0.6 is 11.6 Å². The Bertz CT molecular complexity index is 340. The fraction of sp³-hybridized carbons (Fsp3) is 0.250. The molecule has 0 aliphatic heterocycles. The third-order valence-electron chi connectivity index (χ3n) is 1.68. The van der Waals surface area contributed by atoms with Crippen molar-refractivity contribution in [3.8, 4) is 5.75 Å².